The smallest absolute Gasteiger partial charge is 0.253 e. The van der Waals surface area contributed by atoms with Crippen LogP contribution < -0.4 is 9.47 Å². The Morgan fingerprint density at radius 1 is 1.00 bits per heavy atom. The number of likely N-dealkylation sites (tertiary alicyclic amines) is 1. The zero-order chi connectivity index (χ0) is 20.2. The lowest BCUT2D eigenvalue weighted by molar-refractivity contribution is 0.0697. The number of fused-ring (bicyclic) bond motifs is 1. The summed E-state index contributed by atoms with van der Waals surface area (Å²) in [6, 6.07) is 19.9. The monoisotopic (exact) mass is 389 g/mol. The van der Waals surface area contributed by atoms with Gasteiger partial charge in [-0.1, -0.05) is 37.3 Å². The first kappa shape index (κ1) is 19.3. The summed E-state index contributed by atoms with van der Waals surface area (Å²) in [6.07, 6.45) is 2.14. The molecule has 150 valence electrons. The molecule has 1 aliphatic heterocycles. The molecule has 3 aromatic carbocycles. The third-order valence-corrected chi connectivity index (χ3v) is 5.71. The molecule has 1 heterocycles. The highest BCUT2D eigenvalue weighted by Crippen LogP contribution is 2.26. The van der Waals surface area contributed by atoms with Crippen LogP contribution in [-0.4, -0.2) is 31.0 Å². The fourth-order valence-corrected chi connectivity index (χ4v) is 3.84. The van der Waals surface area contributed by atoms with E-state index in [1.54, 1.807) is 7.11 Å². The maximum absolute atomic E-state index is 12.9. The summed E-state index contributed by atoms with van der Waals surface area (Å²) < 4.78 is 11.5. The lowest BCUT2D eigenvalue weighted by Gasteiger charge is -2.30. The van der Waals surface area contributed by atoms with E-state index in [0.717, 1.165) is 48.4 Å². The number of benzene rings is 3. The SMILES string of the molecule is COc1ccc(C(=O)N2CCC(C)CC2)cc1COc1ccc2ccccc2c1. The van der Waals surface area contributed by atoms with Crippen LogP contribution in [0.2, 0.25) is 0 Å². The van der Waals surface area contributed by atoms with Crippen LogP contribution in [0.5, 0.6) is 11.5 Å². The van der Waals surface area contributed by atoms with Crippen molar-refractivity contribution in [2.24, 2.45) is 5.92 Å². The number of rotatable bonds is 5. The van der Waals surface area contributed by atoms with E-state index in [-0.39, 0.29) is 5.91 Å². The van der Waals surface area contributed by atoms with Gasteiger partial charge in [0.1, 0.15) is 18.1 Å². The van der Waals surface area contributed by atoms with Crippen molar-refractivity contribution in [1.29, 1.82) is 0 Å². The van der Waals surface area contributed by atoms with Gasteiger partial charge >= 0.3 is 0 Å². The van der Waals surface area contributed by atoms with Crippen molar-refractivity contribution in [3.05, 3.63) is 71.8 Å². The van der Waals surface area contributed by atoms with E-state index >= 15 is 0 Å². The Kier molecular flexibility index (Phi) is 5.70. The number of hydrogen-bond donors (Lipinski definition) is 0. The first-order valence-electron chi connectivity index (χ1n) is 10.2. The van der Waals surface area contributed by atoms with E-state index in [4.69, 9.17) is 9.47 Å². The third-order valence-electron chi connectivity index (χ3n) is 5.71. The van der Waals surface area contributed by atoms with Crippen LogP contribution in [-0.2, 0) is 6.61 Å². The summed E-state index contributed by atoms with van der Waals surface area (Å²) in [5.74, 6) is 2.31. The van der Waals surface area contributed by atoms with Crippen molar-refractivity contribution in [2.75, 3.05) is 20.2 Å². The topological polar surface area (TPSA) is 38.8 Å². The number of methoxy groups -OCH3 is 1. The van der Waals surface area contributed by atoms with Gasteiger partial charge in [0, 0.05) is 24.2 Å². The molecule has 1 saturated heterocycles. The number of carbonyl (C=O) groups is 1. The molecule has 0 atom stereocenters. The maximum atomic E-state index is 12.9. The normalized spacial score (nSPS) is 14.8. The summed E-state index contributed by atoms with van der Waals surface area (Å²) in [7, 11) is 1.64. The Bertz CT molecular complexity index is 1010. The number of ether oxygens (including phenoxy) is 2. The van der Waals surface area contributed by atoms with Crippen LogP contribution in [0, 0.1) is 5.92 Å². The summed E-state index contributed by atoms with van der Waals surface area (Å²) in [6.45, 7) is 4.25. The molecule has 0 aromatic heterocycles. The van der Waals surface area contributed by atoms with Gasteiger partial charge in [-0.2, -0.15) is 0 Å². The van der Waals surface area contributed by atoms with Gasteiger partial charge in [0.25, 0.3) is 5.91 Å². The van der Waals surface area contributed by atoms with Crippen LogP contribution in [0.1, 0.15) is 35.7 Å². The molecule has 1 amide bonds. The molecule has 0 saturated carbocycles. The molecule has 1 fully saturated rings. The summed E-state index contributed by atoms with van der Waals surface area (Å²) in [4.78, 5) is 14.9. The predicted octanol–water partition coefficient (Wildman–Crippen LogP) is 5.30. The average molecular weight is 389 g/mol. The van der Waals surface area contributed by atoms with Crippen LogP contribution in [0.25, 0.3) is 10.8 Å². The molecule has 0 radical (unpaired) electrons. The zero-order valence-corrected chi connectivity index (χ0v) is 17.1. The van der Waals surface area contributed by atoms with E-state index in [9.17, 15) is 4.79 Å². The fraction of sp³-hybridized carbons (Fsp3) is 0.320. The van der Waals surface area contributed by atoms with Crippen molar-refractivity contribution in [1.82, 2.24) is 4.90 Å². The number of carbonyl (C=O) groups excluding carboxylic acids is 1. The van der Waals surface area contributed by atoms with Crippen LogP contribution in [0.4, 0.5) is 0 Å². The lowest BCUT2D eigenvalue weighted by atomic mass is 9.98. The number of piperidine rings is 1. The summed E-state index contributed by atoms with van der Waals surface area (Å²) >= 11 is 0. The minimum Gasteiger partial charge on any atom is -0.496 e. The van der Waals surface area contributed by atoms with E-state index < -0.39 is 0 Å². The molecule has 0 bridgehead atoms. The van der Waals surface area contributed by atoms with Gasteiger partial charge in [-0.3, -0.25) is 4.79 Å². The van der Waals surface area contributed by atoms with Crippen molar-refractivity contribution in [3.8, 4) is 11.5 Å². The van der Waals surface area contributed by atoms with Crippen molar-refractivity contribution in [3.63, 3.8) is 0 Å². The van der Waals surface area contributed by atoms with E-state index in [0.29, 0.717) is 18.1 Å². The molecule has 3 aromatic rings. The van der Waals surface area contributed by atoms with Gasteiger partial charge in [-0.05, 0) is 59.9 Å². The third kappa shape index (κ3) is 4.37. The molecule has 0 spiro atoms. The minimum absolute atomic E-state index is 0.0894. The highest BCUT2D eigenvalue weighted by molar-refractivity contribution is 5.94. The summed E-state index contributed by atoms with van der Waals surface area (Å²) in [5, 5.41) is 2.32. The first-order chi connectivity index (χ1) is 14.1. The largest absolute Gasteiger partial charge is 0.496 e. The van der Waals surface area contributed by atoms with Gasteiger partial charge in [0.15, 0.2) is 0 Å². The van der Waals surface area contributed by atoms with Gasteiger partial charge in [0.05, 0.1) is 7.11 Å². The maximum Gasteiger partial charge on any atom is 0.253 e. The Morgan fingerprint density at radius 2 is 1.76 bits per heavy atom. The molecule has 0 N–H and O–H groups in total. The molecule has 4 heteroatoms. The minimum atomic E-state index is 0.0894. The number of hydrogen-bond acceptors (Lipinski definition) is 3. The summed E-state index contributed by atoms with van der Waals surface area (Å²) in [5.41, 5.74) is 1.56. The van der Waals surface area contributed by atoms with E-state index in [1.165, 1.54) is 5.39 Å². The zero-order valence-electron chi connectivity index (χ0n) is 17.1. The molecule has 4 rings (SSSR count). The second kappa shape index (κ2) is 8.56. The Balaban J connectivity index is 1.51. The van der Waals surface area contributed by atoms with Crippen LogP contribution >= 0.6 is 0 Å². The molecule has 0 unspecified atom stereocenters. The number of nitrogens with zero attached hydrogens (tertiary/aromatic N) is 1. The Labute approximate surface area is 172 Å². The van der Waals surface area contributed by atoms with Gasteiger partial charge in [0.2, 0.25) is 0 Å². The molecule has 1 aliphatic rings. The Hall–Kier alpha value is -3.01. The standard InChI is InChI=1S/C25H27NO3/c1-18-11-13-26(14-12-18)25(27)21-8-10-24(28-2)22(15-21)17-29-23-9-7-19-5-3-4-6-20(19)16-23/h3-10,15-16,18H,11-14,17H2,1-2H3. The fourth-order valence-electron chi connectivity index (χ4n) is 3.84. The van der Waals surface area contributed by atoms with Gasteiger partial charge in [-0.25, -0.2) is 0 Å². The van der Waals surface area contributed by atoms with Crippen LogP contribution in [0.3, 0.4) is 0 Å². The first-order valence-corrected chi connectivity index (χ1v) is 10.2. The number of amides is 1. The van der Waals surface area contributed by atoms with Crippen molar-refractivity contribution < 1.29 is 14.3 Å². The van der Waals surface area contributed by atoms with Crippen molar-refractivity contribution >= 4 is 16.7 Å². The average Bonchev–Trinajstić information content (AvgIpc) is 2.77. The van der Waals surface area contributed by atoms with Gasteiger partial charge in [-0.15, -0.1) is 0 Å². The Morgan fingerprint density at radius 3 is 2.52 bits per heavy atom. The highest BCUT2D eigenvalue weighted by atomic mass is 16.5. The molecular weight excluding hydrogens is 362 g/mol. The van der Waals surface area contributed by atoms with E-state index in [1.807, 2.05) is 47.4 Å². The van der Waals surface area contributed by atoms with E-state index in [2.05, 4.69) is 25.1 Å². The molecular formula is C25H27NO3. The quantitative estimate of drug-likeness (QED) is 0.594. The molecule has 4 nitrogen and oxygen atoms in total. The van der Waals surface area contributed by atoms with Crippen LogP contribution in [0.15, 0.2) is 60.7 Å². The second-order valence-electron chi connectivity index (χ2n) is 7.80. The van der Waals surface area contributed by atoms with Crippen molar-refractivity contribution in [2.45, 2.75) is 26.4 Å². The molecule has 0 aliphatic carbocycles. The van der Waals surface area contributed by atoms with Gasteiger partial charge < -0.3 is 14.4 Å². The predicted molar refractivity (Wildman–Crippen MR) is 116 cm³/mol. The lowest BCUT2D eigenvalue weighted by Crippen LogP contribution is -2.37. The molecule has 29 heavy (non-hydrogen) atoms. The second-order valence-corrected chi connectivity index (χ2v) is 7.80. The highest BCUT2D eigenvalue weighted by Gasteiger charge is 2.22.